The van der Waals surface area contributed by atoms with E-state index in [1.54, 1.807) is 30.3 Å². The Hall–Kier alpha value is -4.18. The monoisotopic (exact) mass is 468 g/mol. The molecule has 7 nitrogen and oxygen atoms in total. The predicted octanol–water partition coefficient (Wildman–Crippen LogP) is 2.33. The van der Waals surface area contributed by atoms with Crippen LogP contribution in [0.1, 0.15) is 17.2 Å². The van der Waals surface area contributed by atoms with Crippen LogP contribution < -0.4 is 22.8 Å². The van der Waals surface area contributed by atoms with Gasteiger partial charge in [-0.2, -0.15) is 0 Å². The zero-order valence-electron chi connectivity index (χ0n) is 17.7. The van der Waals surface area contributed by atoms with Crippen molar-refractivity contribution in [2.24, 2.45) is 5.73 Å². The average molecular weight is 468 g/mol. The van der Waals surface area contributed by atoms with Crippen LogP contribution in [0.4, 0.5) is 13.2 Å². The smallest absolute Gasteiger partial charge is 0.322 e. The lowest BCUT2D eigenvalue weighted by Gasteiger charge is -2.18. The van der Waals surface area contributed by atoms with Crippen LogP contribution in [-0.2, 0) is 13.1 Å². The molecule has 4 aromatic rings. The average Bonchev–Trinajstić information content (AvgIpc) is 2.83. The molecule has 3 aromatic carbocycles. The number of nitrogens with two attached hydrogens (primary N) is 1. The number of para-hydroxylation sites is 1. The second kappa shape index (κ2) is 9.36. The van der Waals surface area contributed by atoms with Gasteiger partial charge in [0, 0.05) is 11.6 Å². The molecule has 10 heteroatoms. The van der Waals surface area contributed by atoms with Gasteiger partial charge >= 0.3 is 17.1 Å². The summed E-state index contributed by atoms with van der Waals surface area (Å²) in [5.74, 6) is -2.87. The Bertz CT molecular complexity index is 1510. The fourth-order valence-corrected chi connectivity index (χ4v) is 3.61. The molecule has 0 saturated carbocycles. The van der Waals surface area contributed by atoms with E-state index in [0.29, 0.717) is 19.3 Å². The van der Waals surface area contributed by atoms with Gasteiger partial charge in [0.15, 0.2) is 0 Å². The molecule has 0 spiro atoms. The molecule has 0 unspecified atom stereocenters. The van der Waals surface area contributed by atoms with Crippen LogP contribution in [0, 0.1) is 17.5 Å². The lowest BCUT2D eigenvalue weighted by Crippen LogP contribution is -2.55. The molecule has 0 aliphatic rings. The molecule has 2 N–H and O–H groups in total. The quantitative estimate of drug-likeness (QED) is 0.470. The molecular weight excluding hydrogens is 449 g/mol. The molecule has 34 heavy (non-hydrogen) atoms. The van der Waals surface area contributed by atoms with E-state index < -0.39 is 58.4 Å². The Labute approximate surface area is 190 Å². The van der Waals surface area contributed by atoms with E-state index in [-0.39, 0.29) is 6.54 Å². The maximum Gasteiger partial charge on any atom is 0.341 e. The van der Waals surface area contributed by atoms with Crippen molar-refractivity contribution < 1.29 is 13.2 Å². The standard InChI is InChI=1S/C24H19F3N4O3/c25-17-10-6-11-18(26)16(17)13-29-22(32)30(14-20(28)15-7-2-1-3-8-15)24(34)31(23(29)33)21-12-5-4-9-19(21)27/h1-12,20H,13-14,28H2/t20-/m0/s1. The van der Waals surface area contributed by atoms with E-state index in [9.17, 15) is 27.6 Å². The first-order chi connectivity index (χ1) is 16.3. The summed E-state index contributed by atoms with van der Waals surface area (Å²) in [5.41, 5.74) is 2.31. The van der Waals surface area contributed by atoms with Crippen molar-refractivity contribution in [1.82, 2.24) is 13.7 Å². The molecule has 0 radical (unpaired) electrons. The second-order valence-corrected chi connectivity index (χ2v) is 7.55. The Morgan fingerprint density at radius 2 is 1.24 bits per heavy atom. The Kier molecular flexibility index (Phi) is 6.33. The first-order valence-corrected chi connectivity index (χ1v) is 10.2. The highest BCUT2D eigenvalue weighted by atomic mass is 19.1. The summed E-state index contributed by atoms with van der Waals surface area (Å²) in [6, 6.07) is 15.8. The maximum atomic E-state index is 14.5. The molecule has 0 saturated heterocycles. The summed E-state index contributed by atoms with van der Waals surface area (Å²) in [6.45, 7) is -1.18. The highest BCUT2D eigenvalue weighted by Crippen LogP contribution is 2.14. The van der Waals surface area contributed by atoms with Crippen molar-refractivity contribution in [3.63, 3.8) is 0 Å². The van der Waals surface area contributed by atoms with Crippen LogP contribution in [0.5, 0.6) is 0 Å². The van der Waals surface area contributed by atoms with Crippen LogP contribution in [0.3, 0.4) is 0 Å². The van der Waals surface area contributed by atoms with Crippen LogP contribution in [0.2, 0.25) is 0 Å². The van der Waals surface area contributed by atoms with Gasteiger partial charge in [-0.05, 0) is 29.8 Å². The van der Waals surface area contributed by atoms with E-state index in [4.69, 9.17) is 5.73 Å². The van der Waals surface area contributed by atoms with Gasteiger partial charge in [-0.25, -0.2) is 41.3 Å². The number of rotatable bonds is 6. The van der Waals surface area contributed by atoms with E-state index in [0.717, 1.165) is 24.3 Å². The molecule has 0 amide bonds. The molecule has 0 fully saturated rings. The summed E-state index contributed by atoms with van der Waals surface area (Å²) < 4.78 is 44.7. The normalized spacial score (nSPS) is 12.0. The van der Waals surface area contributed by atoms with E-state index >= 15 is 0 Å². The highest BCUT2D eigenvalue weighted by molar-refractivity contribution is 5.33. The van der Waals surface area contributed by atoms with Gasteiger partial charge in [0.1, 0.15) is 17.5 Å². The molecule has 1 heterocycles. The second-order valence-electron chi connectivity index (χ2n) is 7.55. The Balaban J connectivity index is 1.96. The van der Waals surface area contributed by atoms with Gasteiger partial charge in [-0.15, -0.1) is 0 Å². The number of hydrogen-bond acceptors (Lipinski definition) is 4. The Morgan fingerprint density at radius 1 is 0.676 bits per heavy atom. The van der Waals surface area contributed by atoms with E-state index in [1.807, 2.05) is 0 Å². The number of hydrogen-bond donors (Lipinski definition) is 1. The molecule has 1 aromatic heterocycles. The number of nitrogens with zero attached hydrogens (tertiary/aromatic N) is 3. The summed E-state index contributed by atoms with van der Waals surface area (Å²) in [6.07, 6.45) is 0. The summed E-state index contributed by atoms with van der Waals surface area (Å²) in [4.78, 5) is 39.6. The van der Waals surface area contributed by atoms with Gasteiger partial charge in [-0.1, -0.05) is 48.5 Å². The van der Waals surface area contributed by atoms with Gasteiger partial charge in [0.05, 0.1) is 18.8 Å². The predicted molar refractivity (Wildman–Crippen MR) is 119 cm³/mol. The number of benzene rings is 3. The third-order valence-electron chi connectivity index (χ3n) is 5.38. The van der Waals surface area contributed by atoms with Gasteiger partial charge in [0.25, 0.3) is 0 Å². The molecule has 0 aliphatic heterocycles. The van der Waals surface area contributed by atoms with Crippen molar-refractivity contribution in [3.8, 4) is 5.69 Å². The van der Waals surface area contributed by atoms with Gasteiger partial charge in [0.2, 0.25) is 0 Å². The summed E-state index contributed by atoms with van der Waals surface area (Å²) in [7, 11) is 0. The van der Waals surface area contributed by atoms with E-state index in [1.165, 1.54) is 18.2 Å². The first-order valence-electron chi connectivity index (χ1n) is 10.2. The SMILES string of the molecule is N[C@@H](Cn1c(=O)n(Cc2c(F)cccc2F)c(=O)n(-c2ccccc2F)c1=O)c1ccccc1. The molecule has 1 atom stereocenters. The number of halogens is 3. The minimum Gasteiger partial charge on any atom is -0.322 e. The largest absolute Gasteiger partial charge is 0.341 e. The van der Waals surface area contributed by atoms with Gasteiger partial charge in [-0.3, -0.25) is 0 Å². The number of aromatic nitrogens is 3. The lowest BCUT2D eigenvalue weighted by atomic mass is 10.1. The summed E-state index contributed by atoms with van der Waals surface area (Å²) >= 11 is 0. The third-order valence-corrected chi connectivity index (χ3v) is 5.38. The highest BCUT2D eigenvalue weighted by Gasteiger charge is 2.22. The molecular formula is C24H19F3N4O3. The van der Waals surface area contributed by atoms with Crippen LogP contribution in [0.15, 0.2) is 87.2 Å². The third kappa shape index (κ3) is 4.23. The van der Waals surface area contributed by atoms with Crippen molar-refractivity contribution in [1.29, 1.82) is 0 Å². The Morgan fingerprint density at radius 3 is 1.88 bits per heavy atom. The van der Waals surface area contributed by atoms with Gasteiger partial charge < -0.3 is 5.73 Å². The van der Waals surface area contributed by atoms with Crippen LogP contribution in [-0.4, -0.2) is 13.7 Å². The lowest BCUT2D eigenvalue weighted by molar-refractivity contribution is 0.455. The van der Waals surface area contributed by atoms with Crippen molar-refractivity contribution in [3.05, 3.63) is 133 Å². The van der Waals surface area contributed by atoms with Crippen molar-refractivity contribution in [2.75, 3.05) is 0 Å². The maximum absolute atomic E-state index is 14.5. The van der Waals surface area contributed by atoms with Crippen molar-refractivity contribution >= 4 is 0 Å². The summed E-state index contributed by atoms with van der Waals surface area (Å²) in [5, 5.41) is 0. The molecule has 4 rings (SSSR count). The van der Waals surface area contributed by atoms with Crippen molar-refractivity contribution in [2.45, 2.75) is 19.1 Å². The fraction of sp³-hybridized carbons (Fsp3) is 0.125. The first kappa shape index (κ1) is 23.0. The van der Waals surface area contributed by atoms with E-state index in [2.05, 4.69) is 0 Å². The van der Waals surface area contributed by atoms with Crippen LogP contribution in [0.25, 0.3) is 5.69 Å². The topological polar surface area (TPSA) is 92.0 Å². The molecule has 0 aliphatic carbocycles. The molecule has 174 valence electrons. The minimum absolute atomic E-state index is 0.365. The minimum atomic E-state index is -1.24. The fourth-order valence-electron chi connectivity index (χ4n) is 3.61. The zero-order valence-corrected chi connectivity index (χ0v) is 17.7. The zero-order chi connectivity index (χ0) is 24.4. The van der Waals surface area contributed by atoms with Crippen LogP contribution >= 0.6 is 0 Å². The molecule has 0 bridgehead atoms.